The summed E-state index contributed by atoms with van der Waals surface area (Å²) >= 11 is 0. The van der Waals surface area contributed by atoms with Crippen LogP contribution in [0.3, 0.4) is 0 Å². The Morgan fingerprint density at radius 2 is 1.92 bits per heavy atom. The Kier molecular flexibility index (Phi) is 5.50. The highest BCUT2D eigenvalue weighted by atomic mass is 16.5. The van der Waals surface area contributed by atoms with Crippen LogP contribution in [-0.2, 0) is 16.1 Å². The Bertz CT molecular complexity index is 725. The van der Waals surface area contributed by atoms with Gasteiger partial charge in [-0.2, -0.15) is 5.10 Å². The lowest BCUT2D eigenvalue weighted by Crippen LogP contribution is -2.54. The molecular formula is C18H22N4O4. The average Bonchev–Trinajstić information content (AvgIpc) is 3.16. The second-order valence-electron chi connectivity index (χ2n) is 6.36. The molecule has 8 heteroatoms. The number of benzene rings is 1. The standard InChI is InChI=1S/C18H22N4O4/c23-16(7-4-10-22-14-19-13-20-22)21-11-8-18(9-12-21,17(24)25)26-15-5-2-1-3-6-15/h1-3,5-6,13-14H,4,7-12H2,(H,24,25). The first-order chi connectivity index (χ1) is 12.6. The number of nitrogens with zero attached hydrogens (tertiary/aromatic N) is 4. The van der Waals surface area contributed by atoms with Gasteiger partial charge in [-0.1, -0.05) is 18.2 Å². The number of aryl methyl sites for hydroxylation is 1. The Labute approximate surface area is 151 Å². The maximum atomic E-state index is 12.4. The van der Waals surface area contributed by atoms with Gasteiger partial charge in [0.25, 0.3) is 0 Å². The minimum Gasteiger partial charge on any atom is -0.478 e. The third-order valence-electron chi connectivity index (χ3n) is 4.61. The lowest BCUT2D eigenvalue weighted by molar-refractivity contribution is -0.161. The van der Waals surface area contributed by atoms with Gasteiger partial charge in [-0.15, -0.1) is 0 Å². The molecule has 0 radical (unpaired) electrons. The molecular weight excluding hydrogens is 336 g/mol. The highest BCUT2D eigenvalue weighted by molar-refractivity contribution is 5.80. The van der Waals surface area contributed by atoms with E-state index in [2.05, 4.69) is 10.1 Å². The number of carbonyl (C=O) groups excluding carboxylic acids is 1. The molecule has 1 amide bonds. The topological polar surface area (TPSA) is 97.5 Å². The van der Waals surface area contributed by atoms with Gasteiger partial charge in [0.05, 0.1) is 0 Å². The lowest BCUT2D eigenvalue weighted by Gasteiger charge is -2.39. The minimum atomic E-state index is -1.28. The van der Waals surface area contributed by atoms with E-state index in [1.165, 1.54) is 6.33 Å². The molecule has 0 atom stereocenters. The second kappa shape index (κ2) is 7.99. The molecule has 0 unspecified atom stereocenters. The van der Waals surface area contributed by atoms with Crippen molar-refractivity contribution in [1.29, 1.82) is 0 Å². The third kappa shape index (κ3) is 4.19. The van der Waals surface area contributed by atoms with Crippen molar-refractivity contribution in [1.82, 2.24) is 19.7 Å². The molecule has 1 aromatic carbocycles. The molecule has 2 heterocycles. The third-order valence-corrected chi connectivity index (χ3v) is 4.61. The fourth-order valence-corrected chi connectivity index (χ4v) is 3.09. The molecule has 26 heavy (non-hydrogen) atoms. The van der Waals surface area contributed by atoms with Gasteiger partial charge in [-0.05, 0) is 18.6 Å². The van der Waals surface area contributed by atoms with Gasteiger partial charge in [-0.3, -0.25) is 9.48 Å². The van der Waals surface area contributed by atoms with Crippen LogP contribution in [0.25, 0.3) is 0 Å². The van der Waals surface area contributed by atoms with Crippen LogP contribution < -0.4 is 4.74 Å². The van der Waals surface area contributed by atoms with Gasteiger partial charge >= 0.3 is 5.97 Å². The Morgan fingerprint density at radius 3 is 2.54 bits per heavy atom. The number of aromatic nitrogens is 3. The number of hydrogen-bond acceptors (Lipinski definition) is 5. The molecule has 1 aliphatic heterocycles. The summed E-state index contributed by atoms with van der Waals surface area (Å²) in [5, 5.41) is 13.7. The highest BCUT2D eigenvalue weighted by Crippen LogP contribution is 2.29. The summed E-state index contributed by atoms with van der Waals surface area (Å²) in [5.74, 6) is -0.425. The largest absolute Gasteiger partial charge is 0.478 e. The number of carboxylic acid groups (broad SMARTS) is 1. The SMILES string of the molecule is O=C(CCCn1cncn1)N1CCC(Oc2ccccc2)(C(=O)O)CC1. The van der Waals surface area contributed by atoms with Gasteiger partial charge in [0.15, 0.2) is 0 Å². The molecule has 138 valence electrons. The van der Waals surface area contributed by atoms with Crippen LogP contribution in [0, 0.1) is 0 Å². The summed E-state index contributed by atoms with van der Waals surface area (Å²) in [6, 6.07) is 8.94. The van der Waals surface area contributed by atoms with E-state index in [0.717, 1.165) is 0 Å². The molecule has 0 spiro atoms. The number of ether oxygens (including phenoxy) is 1. The van der Waals surface area contributed by atoms with Crippen LogP contribution in [-0.4, -0.2) is 55.3 Å². The summed E-state index contributed by atoms with van der Waals surface area (Å²) in [5.41, 5.74) is -1.28. The maximum absolute atomic E-state index is 12.4. The Morgan fingerprint density at radius 1 is 1.19 bits per heavy atom. The van der Waals surface area contributed by atoms with E-state index < -0.39 is 11.6 Å². The normalized spacial score (nSPS) is 16.2. The van der Waals surface area contributed by atoms with Gasteiger partial charge in [-0.25, -0.2) is 9.78 Å². The number of para-hydroxylation sites is 1. The quantitative estimate of drug-likeness (QED) is 0.807. The van der Waals surface area contributed by atoms with E-state index in [4.69, 9.17) is 4.74 Å². The van der Waals surface area contributed by atoms with Crippen molar-refractivity contribution in [3.05, 3.63) is 43.0 Å². The van der Waals surface area contributed by atoms with Gasteiger partial charge < -0.3 is 14.7 Å². The molecule has 1 aromatic heterocycles. The van der Waals surface area contributed by atoms with Crippen LogP contribution in [0.5, 0.6) is 5.75 Å². The first kappa shape index (κ1) is 17.9. The summed E-state index contributed by atoms with van der Waals surface area (Å²) in [6.45, 7) is 1.39. The highest BCUT2D eigenvalue weighted by Gasteiger charge is 2.44. The van der Waals surface area contributed by atoms with Gasteiger partial charge in [0.2, 0.25) is 11.5 Å². The van der Waals surface area contributed by atoms with Crippen molar-refractivity contribution in [2.75, 3.05) is 13.1 Å². The number of likely N-dealkylation sites (tertiary alicyclic amines) is 1. The zero-order chi connectivity index (χ0) is 18.4. The summed E-state index contributed by atoms with van der Waals surface area (Å²) in [4.78, 5) is 29.8. The summed E-state index contributed by atoms with van der Waals surface area (Å²) in [6.07, 6.45) is 4.69. The fraction of sp³-hybridized carbons (Fsp3) is 0.444. The first-order valence-electron chi connectivity index (χ1n) is 8.67. The molecule has 1 fully saturated rings. The number of carbonyl (C=O) groups is 2. The smallest absolute Gasteiger partial charge is 0.348 e. The van der Waals surface area contributed by atoms with E-state index in [1.807, 2.05) is 6.07 Å². The summed E-state index contributed by atoms with van der Waals surface area (Å²) in [7, 11) is 0. The van der Waals surface area contributed by atoms with Crippen molar-refractivity contribution in [2.45, 2.75) is 37.8 Å². The van der Waals surface area contributed by atoms with Crippen molar-refractivity contribution in [2.24, 2.45) is 0 Å². The van der Waals surface area contributed by atoms with Crippen molar-refractivity contribution >= 4 is 11.9 Å². The Hall–Kier alpha value is -2.90. The molecule has 2 aromatic rings. The Balaban J connectivity index is 1.52. The second-order valence-corrected chi connectivity index (χ2v) is 6.36. The van der Waals surface area contributed by atoms with Crippen molar-refractivity contribution in [3.63, 3.8) is 0 Å². The molecule has 8 nitrogen and oxygen atoms in total. The van der Waals surface area contributed by atoms with E-state index in [1.54, 1.807) is 40.2 Å². The molecule has 1 aliphatic rings. The van der Waals surface area contributed by atoms with Gasteiger partial charge in [0.1, 0.15) is 18.4 Å². The molecule has 3 rings (SSSR count). The predicted molar refractivity (Wildman–Crippen MR) is 92.5 cm³/mol. The molecule has 1 saturated heterocycles. The van der Waals surface area contributed by atoms with Crippen LogP contribution in [0.2, 0.25) is 0 Å². The predicted octanol–water partition coefficient (Wildman–Crippen LogP) is 1.58. The first-order valence-corrected chi connectivity index (χ1v) is 8.67. The lowest BCUT2D eigenvalue weighted by atomic mass is 9.90. The van der Waals surface area contributed by atoms with Crippen LogP contribution in [0.15, 0.2) is 43.0 Å². The number of hydrogen-bond donors (Lipinski definition) is 1. The summed E-state index contributed by atoms with van der Waals surface area (Å²) < 4.78 is 7.49. The average molecular weight is 358 g/mol. The number of carboxylic acids is 1. The fourth-order valence-electron chi connectivity index (χ4n) is 3.09. The van der Waals surface area contributed by atoms with Crippen molar-refractivity contribution in [3.8, 4) is 5.75 Å². The van der Waals surface area contributed by atoms with E-state index in [-0.39, 0.29) is 18.7 Å². The molecule has 1 N–H and O–H groups in total. The van der Waals surface area contributed by atoms with Crippen LogP contribution in [0.1, 0.15) is 25.7 Å². The number of rotatable bonds is 7. The van der Waals surface area contributed by atoms with E-state index >= 15 is 0 Å². The van der Waals surface area contributed by atoms with Gasteiger partial charge in [0, 0.05) is 38.9 Å². The molecule has 0 bridgehead atoms. The maximum Gasteiger partial charge on any atom is 0.348 e. The number of amides is 1. The number of piperidine rings is 1. The van der Waals surface area contributed by atoms with Crippen molar-refractivity contribution < 1.29 is 19.4 Å². The monoisotopic (exact) mass is 358 g/mol. The van der Waals surface area contributed by atoms with E-state index in [0.29, 0.717) is 38.2 Å². The van der Waals surface area contributed by atoms with Crippen LogP contribution >= 0.6 is 0 Å². The number of aliphatic carboxylic acids is 1. The zero-order valence-electron chi connectivity index (χ0n) is 14.5. The minimum absolute atomic E-state index is 0.0313. The molecule has 0 saturated carbocycles. The van der Waals surface area contributed by atoms with Crippen LogP contribution in [0.4, 0.5) is 0 Å². The van der Waals surface area contributed by atoms with E-state index in [9.17, 15) is 14.7 Å². The molecule has 0 aliphatic carbocycles. The zero-order valence-corrected chi connectivity index (χ0v) is 14.5.